The van der Waals surface area contributed by atoms with Crippen LogP contribution >= 0.6 is 23.7 Å². The second-order valence-electron chi connectivity index (χ2n) is 9.18. The quantitative estimate of drug-likeness (QED) is 0.244. The lowest BCUT2D eigenvalue weighted by molar-refractivity contribution is 0.0985. The third kappa shape index (κ3) is 6.73. The number of carbonyl (C=O) groups excluding carboxylic acids is 1. The Balaban J connectivity index is 0.00000441. The summed E-state index contributed by atoms with van der Waals surface area (Å²) in [6.07, 6.45) is 0. The average Bonchev–Trinajstić information content (AvgIpc) is 3.38. The number of hydrogen-bond donors (Lipinski definition) is 0. The van der Waals surface area contributed by atoms with Crippen LogP contribution in [0, 0.1) is 0 Å². The summed E-state index contributed by atoms with van der Waals surface area (Å²) < 4.78 is 39.4. The first kappa shape index (κ1) is 31.3. The molecule has 1 heterocycles. The predicted molar refractivity (Wildman–Crippen MR) is 162 cm³/mol. The highest BCUT2D eigenvalue weighted by Gasteiger charge is 2.25. The maximum atomic E-state index is 13.7. The molecular weight excluding hydrogens is 572 g/mol. The maximum Gasteiger partial charge on any atom is 0.260 e. The number of halogens is 1. The number of amides is 1. The molecular formula is C28H33ClN4O5S2. The van der Waals surface area contributed by atoms with Gasteiger partial charge in [-0.2, -0.15) is 4.31 Å². The Morgan fingerprint density at radius 2 is 1.50 bits per heavy atom. The molecule has 0 aliphatic heterocycles. The summed E-state index contributed by atoms with van der Waals surface area (Å²) >= 11 is 1.34. The third-order valence-electron chi connectivity index (χ3n) is 6.20. The fourth-order valence-corrected chi connectivity index (χ4v) is 6.26. The van der Waals surface area contributed by atoms with Crippen LogP contribution < -0.4 is 14.4 Å². The van der Waals surface area contributed by atoms with Gasteiger partial charge in [0.05, 0.1) is 19.1 Å². The molecule has 0 fully saturated rings. The summed E-state index contributed by atoms with van der Waals surface area (Å²) in [7, 11) is 4.81. The number of fused-ring (bicyclic) bond motifs is 1. The van der Waals surface area contributed by atoms with Gasteiger partial charge in [-0.05, 0) is 56.1 Å². The number of carbonyl (C=O) groups is 1. The summed E-state index contributed by atoms with van der Waals surface area (Å²) in [6, 6.07) is 19.0. The molecule has 214 valence electrons. The number of ether oxygens (including phenoxy) is 2. The first-order valence-corrected chi connectivity index (χ1v) is 14.5. The number of thiazole rings is 1. The van der Waals surface area contributed by atoms with Gasteiger partial charge in [0, 0.05) is 32.2 Å². The van der Waals surface area contributed by atoms with E-state index in [1.807, 2.05) is 55.4 Å². The van der Waals surface area contributed by atoms with Crippen LogP contribution in [-0.4, -0.2) is 77.0 Å². The van der Waals surface area contributed by atoms with Crippen LogP contribution in [0.25, 0.3) is 10.2 Å². The van der Waals surface area contributed by atoms with E-state index >= 15 is 0 Å². The topological polar surface area (TPSA) is 92.3 Å². The molecule has 0 unspecified atom stereocenters. The van der Waals surface area contributed by atoms with E-state index in [9.17, 15) is 13.2 Å². The number of likely N-dealkylation sites (N-methyl/N-ethyl adjacent to an activating group) is 1. The summed E-state index contributed by atoms with van der Waals surface area (Å²) in [4.78, 5) is 22.2. The van der Waals surface area contributed by atoms with Crippen molar-refractivity contribution in [2.45, 2.75) is 11.4 Å². The largest absolute Gasteiger partial charge is 0.495 e. The zero-order valence-electron chi connectivity index (χ0n) is 23.0. The molecule has 4 aromatic rings. The highest BCUT2D eigenvalue weighted by atomic mass is 35.5. The average molecular weight is 605 g/mol. The number of rotatable bonds is 11. The van der Waals surface area contributed by atoms with E-state index in [-0.39, 0.29) is 29.8 Å². The van der Waals surface area contributed by atoms with Gasteiger partial charge in [-0.15, -0.1) is 12.4 Å². The van der Waals surface area contributed by atoms with Crippen molar-refractivity contribution in [3.05, 3.63) is 77.9 Å². The molecule has 0 saturated carbocycles. The first-order valence-electron chi connectivity index (χ1n) is 12.2. The van der Waals surface area contributed by atoms with Gasteiger partial charge in [0.2, 0.25) is 10.0 Å². The number of aromatic nitrogens is 1. The molecule has 0 atom stereocenters. The standard InChI is InChI=1S/C28H32N4O5S2.ClH/c1-30(2)17-18-32(28-29-25-23(36-4)15-16-24(37-5)26(25)38-28)27(33)21-11-13-22(14-12-21)39(34,35)31(3)19-20-9-7-6-8-10-20;/h6-16H,17-19H2,1-5H3;1H. The highest BCUT2D eigenvalue weighted by molar-refractivity contribution is 7.89. The number of anilines is 1. The predicted octanol–water partition coefficient (Wildman–Crippen LogP) is 4.76. The van der Waals surface area contributed by atoms with Crippen molar-refractivity contribution in [1.29, 1.82) is 0 Å². The van der Waals surface area contributed by atoms with Crippen LogP contribution in [0.5, 0.6) is 11.5 Å². The zero-order valence-corrected chi connectivity index (χ0v) is 25.5. The Bertz CT molecular complexity index is 1500. The van der Waals surface area contributed by atoms with Gasteiger partial charge in [0.15, 0.2) is 5.13 Å². The third-order valence-corrected chi connectivity index (χ3v) is 9.11. The van der Waals surface area contributed by atoms with E-state index in [4.69, 9.17) is 14.5 Å². The van der Waals surface area contributed by atoms with Crippen LogP contribution in [0.4, 0.5) is 5.13 Å². The summed E-state index contributed by atoms with van der Waals surface area (Å²) in [5.74, 6) is 0.946. The van der Waals surface area contributed by atoms with Crippen molar-refractivity contribution < 1.29 is 22.7 Å². The second-order valence-corrected chi connectivity index (χ2v) is 12.2. The molecule has 0 radical (unpaired) electrons. The molecule has 0 spiro atoms. The van der Waals surface area contributed by atoms with Crippen molar-refractivity contribution in [2.24, 2.45) is 0 Å². The Labute approximate surface area is 245 Å². The van der Waals surface area contributed by atoms with E-state index in [1.165, 1.54) is 27.8 Å². The fourth-order valence-electron chi connectivity index (χ4n) is 4.00. The van der Waals surface area contributed by atoms with Gasteiger partial charge in [0.1, 0.15) is 21.7 Å². The van der Waals surface area contributed by atoms with Crippen molar-refractivity contribution in [2.75, 3.05) is 53.4 Å². The van der Waals surface area contributed by atoms with E-state index < -0.39 is 10.0 Å². The van der Waals surface area contributed by atoms with Gasteiger partial charge in [-0.25, -0.2) is 13.4 Å². The zero-order chi connectivity index (χ0) is 28.2. The number of nitrogens with zero attached hydrogens (tertiary/aromatic N) is 4. The van der Waals surface area contributed by atoms with E-state index in [2.05, 4.69) is 0 Å². The van der Waals surface area contributed by atoms with Gasteiger partial charge in [-0.3, -0.25) is 9.69 Å². The Hall–Kier alpha value is -3.22. The molecule has 1 aromatic heterocycles. The Morgan fingerprint density at radius 1 is 0.875 bits per heavy atom. The monoisotopic (exact) mass is 604 g/mol. The maximum absolute atomic E-state index is 13.7. The number of benzene rings is 3. The molecule has 40 heavy (non-hydrogen) atoms. The van der Waals surface area contributed by atoms with Crippen molar-refractivity contribution in [3.63, 3.8) is 0 Å². The Morgan fingerprint density at radius 3 is 2.10 bits per heavy atom. The SMILES string of the molecule is COc1ccc(OC)c2sc(N(CCN(C)C)C(=O)c3ccc(S(=O)(=O)N(C)Cc4ccccc4)cc3)nc12.Cl. The lowest BCUT2D eigenvalue weighted by Gasteiger charge is -2.22. The van der Waals surface area contributed by atoms with Crippen LogP contribution in [0.3, 0.4) is 0 Å². The van der Waals surface area contributed by atoms with E-state index in [0.29, 0.717) is 40.8 Å². The van der Waals surface area contributed by atoms with Crippen molar-refractivity contribution >= 4 is 55.0 Å². The molecule has 0 saturated heterocycles. The minimum absolute atomic E-state index is 0. The van der Waals surface area contributed by atoms with Gasteiger partial charge in [0.25, 0.3) is 5.91 Å². The summed E-state index contributed by atoms with van der Waals surface area (Å²) in [5, 5.41) is 0.499. The Kier molecular flexibility index (Phi) is 10.5. The first-order chi connectivity index (χ1) is 18.6. The van der Waals surface area contributed by atoms with Crippen LogP contribution in [0.1, 0.15) is 15.9 Å². The molecule has 4 rings (SSSR count). The van der Waals surface area contributed by atoms with Crippen LogP contribution in [-0.2, 0) is 16.6 Å². The molecule has 1 amide bonds. The molecule has 9 nitrogen and oxygen atoms in total. The molecule has 0 bridgehead atoms. The van der Waals surface area contributed by atoms with E-state index in [0.717, 1.165) is 10.3 Å². The normalized spacial score (nSPS) is 11.5. The molecule has 0 N–H and O–H groups in total. The number of hydrogen-bond acceptors (Lipinski definition) is 8. The van der Waals surface area contributed by atoms with Gasteiger partial charge < -0.3 is 14.4 Å². The molecule has 3 aromatic carbocycles. The fraction of sp³-hybridized carbons (Fsp3) is 0.286. The smallest absolute Gasteiger partial charge is 0.260 e. The minimum atomic E-state index is -3.74. The second kappa shape index (κ2) is 13.4. The van der Waals surface area contributed by atoms with Gasteiger partial charge in [-0.1, -0.05) is 41.7 Å². The molecule has 12 heteroatoms. The highest BCUT2D eigenvalue weighted by Crippen LogP contribution is 2.40. The van der Waals surface area contributed by atoms with Crippen LogP contribution in [0.2, 0.25) is 0 Å². The summed E-state index contributed by atoms with van der Waals surface area (Å²) in [5.41, 5.74) is 1.86. The molecule has 0 aliphatic rings. The number of methoxy groups -OCH3 is 2. The van der Waals surface area contributed by atoms with Crippen molar-refractivity contribution in [3.8, 4) is 11.5 Å². The lowest BCUT2D eigenvalue weighted by Crippen LogP contribution is -2.36. The minimum Gasteiger partial charge on any atom is -0.495 e. The number of sulfonamides is 1. The lowest BCUT2D eigenvalue weighted by atomic mass is 10.2. The van der Waals surface area contributed by atoms with Crippen LogP contribution in [0.15, 0.2) is 71.6 Å². The van der Waals surface area contributed by atoms with E-state index in [1.54, 1.807) is 44.4 Å². The summed E-state index contributed by atoms with van der Waals surface area (Å²) in [6.45, 7) is 1.23. The molecule has 0 aliphatic carbocycles. The van der Waals surface area contributed by atoms with Gasteiger partial charge >= 0.3 is 0 Å². The van der Waals surface area contributed by atoms with Crippen molar-refractivity contribution in [1.82, 2.24) is 14.2 Å².